The van der Waals surface area contributed by atoms with Gasteiger partial charge in [-0.05, 0) is 42.8 Å². The third kappa shape index (κ3) is 3.24. The number of nitrogens with two attached hydrogens (primary N) is 1. The monoisotopic (exact) mass is 279 g/mol. The predicted molar refractivity (Wildman–Crippen MR) is 74.3 cm³/mol. The summed E-state index contributed by atoms with van der Waals surface area (Å²) in [5.74, 6) is 0. The highest BCUT2D eigenvalue weighted by atomic mass is 32.2. The van der Waals surface area contributed by atoms with Gasteiger partial charge < -0.3 is 5.73 Å². The van der Waals surface area contributed by atoms with E-state index >= 15 is 0 Å². The van der Waals surface area contributed by atoms with Gasteiger partial charge in [-0.2, -0.15) is 0 Å². The molecule has 2 aromatic heterocycles. The van der Waals surface area contributed by atoms with Gasteiger partial charge >= 0.3 is 5.69 Å². The van der Waals surface area contributed by atoms with Crippen molar-refractivity contribution in [3.63, 3.8) is 0 Å². The molecule has 3 N–H and O–H groups in total. The number of aromatic amines is 1. The Hall–Kier alpha value is -1.60. The van der Waals surface area contributed by atoms with Gasteiger partial charge in [0.2, 0.25) is 0 Å². The van der Waals surface area contributed by atoms with Crippen molar-refractivity contribution in [1.29, 1.82) is 0 Å². The quantitative estimate of drug-likeness (QED) is 0.824. The molecule has 6 nitrogen and oxygen atoms in total. The van der Waals surface area contributed by atoms with Crippen LogP contribution in [0, 0.1) is 0 Å². The van der Waals surface area contributed by atoms with E-state index in [4.69, 9.17) is 5.73 Å². The van der Waals surface area contributed by atoms with Crippen LogP contribution in [0.1, 0.15) is 18.9 Å². The third-order valence-corrected chi connectivity index (χ3v) is 3.68. The summed E-state index contributed by atoms with van der Waals surface area (Å²) in [6.07, 6.45) is 3.38. The maximum absolute atomic E-state index is 11.6. The Morgan fingerprint density at radius 1 is 1.53 bits per heavy atom. The van der Waals surface area contributed by atoms with Gasteiger partial charge in [0.15, 0.2) is 5.16 Å². The maximum atomic E-state index is 11.6. The molecule has 0 bridgehead atoms. The zero-order chi connectivity index (χ0) is 13.7. The number of aromatic nitrogens is 4. The first-order valence-corrected chi connectivity index (χ1v) is 7.05. The highest BCUT2D eigenvalue weighted by molar-refractivity contribution is 7.99. The predicted octanol–water partition coefficient (Wildman–Crippen LogP) is 1.03. The number of nitrogens with zero attached hydrogens (tertiary/aromatic N) is 3. The van der Waals surface area contributed by atoms with Crippen LogP contribution in [0.5, 0.6) is 0 Å². The van der Waals surface area contributed by atoms with E-state index in [-0.39, 0.29) is 5.69 Å². The summed E-state index contributed by atoms with van der Waals surface area (Å²) < 4.78 is 1.63. The molecule has 0 fully saturated rings. The van der Waals surface area contributed by atoms with Crippen molar-refractivity contribution in [3.8, 4) is 0 Å². The van der Waals surface area contributed by atoms with E-state index in [2.05, 4.69) is 15.2 Å². The van der Waals surface area contributed by atoms with Gasteiger partial charge in [0.25, 0.3) is 0 Å². The standard InChI is InChI=1S/C12H17N5OS/c1-2-8-17-11(18)15-16-12(17)19-10-9(5-6-13)4-3-7-14-10/h3-4,7H,2,5-6,8,13H2,1H3,(H,15,18). The highest BCUT2D eigenvalue weighted by Gasteiger charge is 2.12. The highest BCUT2D eigenvalue weighted by Crippen LogP contribution is 2.26. The first kappa shape index (κ1) is 13.8. The Morgan fingerprint density at radius 3 is 3.11 bits per heavy atom. The fourth-order valence-corrected chi connectivity index (χ4v) is 2.71. The van der Waals surface area contributed by atoms with E-state index in [9.17, 15) is 4.79 Å². The topological polar surface area (TPSA) is 89.6 Å². The molecular formula is C12H17N5OS. The Kier molecular flexibility index (Phi) is 4.75. The van der Waals surface area contributed by atoms with Gasteiger partial charge in [0, 0.05) is 12.7 Å². The lowest BCUT2D eigenvalue weighted by atomic mass is 10.2. The van der Waals surface area contributed by atoms with Crippen molar-refractivity contribution >= 4 is 11.8 Å². The number of pyridine rings is 1. The lowest BCUT2D eigenvalue weighted by Gasteiger charge is -2.07. The zero-order valence-electron chi connectivity index (χ0n) is 10.8. The van der Waals surface area contributed by atoms with E-state index in [1.54, 1.807) is 10.8 Å². The van der Waals surface area contributed by atoms with Gasteiger partial charge in [0.1, 0.15) is 5.03 Å². The second kappa shape index (κ2) is 6.53. The van der Waals surface area contributed by atoms with E-state index < -0.39 is 0 Å². The van der Waals surface area contributed by atoms with Crippen LogP contribution in [0.15, 0.2) is 33.3 Å². The second-order valence-electron chi connectivity index (χ2n) is 4.07. The molecule has 0 aromatic carbocycles. The zero-order valence-corrected chi connectivity index (χ0v) is 11.6. The van der Waals surface area contributed by atoms with E-state index in [1.807, 2.05) is 19.1 Å². The van der Waals surface area contributed by atoms with Crippen LogP contribution in [-0.4, -0.2) is 26.3 Å². The molecule has 0 atom stereocenters. The van der Waals surface area contributed by atoms with Crippen molar-refractivity contribution in [1.82, 2.24) is 19.7 Å². The second-order valence-corrected chi connectivity index (χ2v) is 5.03. The van der Waals surface area contributed by atoms with Gasteiger partial charge in [-0.15, -0.1) is 5.10 Å². The van der Waals surface area contributed by atoms with Crippen LogP contribution in [-0.2, 0) is 13.0 Å². The number of rotatable bonds is 6. The van der Waals surface area contributed by atoms with Gasteiger partial charge in [-0.3, -0.25) is 4.57 Å². The minimum absolute atomic E-state index is 0.180. The number of hydrogen-bond acceptors (Lipinski definition) is 5. The van der Waals surface area contributed by atoms with Gasteiger partial charge in [-0.25, -0.2) is 14.9 Å². The van der Waals surface area contributed by atoms with E-state index in [0.29, 0.717) is 18.2 Å². The number of hydrogen-bond donors (Lipinski definition) is 2. The number of nitrogens with one attached hydrogen (secondary N) is 1. The van der Waals surface area contributed by atoms with Crippen LogP contribution >= 0.6 is 11.8 Å². The molecule has 0 amide bonds. The summed E-state index contributed by atoms with van der Waals surface area (Å²) in [5, 5.41) is 8.02. The van der Waals surface area contributed by atoms with Crippen molar-refractivity contribution < 1.29 is 0 Å². The molecule has 0 aliphatic carbocycles. The Labute approximate surface area is 115 Å². The molecule has 2 aromatic rings. The largest absolute Gasteiger partial charge is 0.343 e. The van der Waals surface area contributed by atoms with Crippen molar-refractivity contribution in [2.24, 2.45) is 5.73 Å². The van der Waals surface area contributed by atoms with E-state index in [1.165, 1.54) is 11.8 Å². The Bertz CT molecular complexity index is 592. The number of H-pyrrole nitrogens is 1. The minimum atomic E-state index is -0.180. The normalized spacial score (nSPS) is 10.8. The van der Waals surface area contributed by atoms with E-state index in [0.717, 1.165) is 23.4 Å². The maximum Gasteiger partial charge on any atom is 0.343 e. The molecule has 102 valence electrons. The molecular weight excluding hydrogens is 262 g/mol. The molecule has 0 aliphatic rings. The molecule has 2 heterocycles. The molecule has 0 aliphatic heterocycles. The average molecular weight is 279 g/mol. The van der Waals surface area contributed by atoms with Crippen molar-refractivity contribution in [3.05, 3.63) is 34.4 Å². The molecule has 2 rings (SSSR count). The summed E-state index contributed by atoms with van der Waals surface area (Å²) in [7, 11) is 0. The first-order chi connectivity index (χ1) is 9.26. The van der Waals surface area contributed by atoms with Crippen LogP contribution < -0.4 is 11.4 Å². The molecule has 19 heavy (non-hydrogen) atoms. The summed E-state index contributed by atoms with van der Waals surface area (Å²) >= 11 is 1.40. The lowest BCUT2D eigenvalue weighted by Crippen LogP contribution is -2.17. The van der Waals surface area contributed by atoms with Gasteiger partial charge in [0.05, 0.1) is 0 Å². The minimum Gasteiger partial charge on any atom is -0.330 e. The fraction of sp³-hybridized carbons (Fsp3) is 0.417. The SMILES string of the molecule is CCCn1c(Sc2ncccc2CCN)n[nH]c1=O. The van der Waals surface area contributed by atoms with Crippen molar-refractivity contribution in [2.45, 2.75) is 36.5 Å². The van der Waals surface area contributed by atoms with Crippen LogP contribution in [0.25, 0.3) is 0 Å². The average Bonchev–Trinajstić information content (AvgIpc) is 2.75. The summed E-state index contributed by atoms with van der Waals surface area (Å²) in [4.78, 5) is 16.0. The molecule has 0 unspecified atom stereocenters. The molecule has 0 spiro atoms. The third-order valence-electron chi connectivity index (χ3n) is 2.62. The summed E-state index contributed by atoms with van der Waals surface area (Å²) in [6.45, 7) is 3.24. The van der Waals surface area contributed by atoms with Crippen molar-refractivity contribution in [2.75, 3.05) is 6.54 Å². The van der Waals surface area contributed by atoms with Gasteiger partial charge in [-0.1, -0.05) is 13.0 Å². The Balaban J connectivity index is 2.28. The summed E-state index contributed by atoms with van der Waals surface area (Å²) in [6, 6.07) is 3.88. The lowest BCUT2D eigenvalue weighted by molar-refractivity contribution is 0.603. The van der Waals surface area contributed by atoms with Crippen LogP contribution in [0.3, 0.4) is 0 Å². The molecule has 0 saturated carbocycles. The first-order valence-electron chi connectivity index (χ1n) is 6.23. The molecule has 0 radical (unpaired) electrons. The van der Waals surface area contributed by atoms with Crippen LogP contribution in [0.4, 0.5) is 0 Å². The summed E-state index contributed by atoms with van der Waals surface area (Å²) in [5.41, 5.74) is 6.49. The Morgan fingerprint density at radius 2 is 2.37 bits per heavy atom. The van der Waals surface area contributed by atoms with Crippen LogP contribution in [0.2, 0.25) is 0 Å². The smallest absolute Gasteiger partial charge is 0.330 e. The molecule has 7 heteroatoms. The molecule has 0 saturated heterocycles. The fourth-order valence-electron chi connectivity index (χ4n) is 1.75.